The van der Waals surface area contributed by atoms with Crippen LogP contribution in [0.5, 0.6) is 0 Å². The Morgan fingerprint density at radius 3 is 2.85 bits per heavy atom. The van der Waals surface area contributed by atoms with E-state index in [-0.39, 0.29) is 5.78 Å². The summed E-state index contributed by atoms with van der Waals surface area (Å²) in [5.74, 6) is 1.36. The molecule has 3 nitrogen and oxygen atoms in total. The van der Waals surface area contributed by atoms with Crippen molar-refractivity contribution < 1.29 is 9.21 Å². The van der Waals surface area contributed by atoms with Crippen LogP contribution in [0.4, 0.5) is 0 Å². The summed E-state index contributed by atoms with van der Waals surface area (Å²) < 4.78 is 5.21. The minimum Gasteiger partial charge on any atom is -0.458 e. The molecule has 0 bridgehead atoms. The van der Waals surface area contributed by atoms with Crippen molar-refractivity contribution in [2.24, 2.45) is 0 Å². The predicted octanol–water partition coefficient (Wildman–Crippen LogP) is 1.77. The highest BCUT2D eigenvalue weighted by molar-refractivity contribution is 5.93. The third-order valence-corrected chi connectivity index (χ3v) is 1.85. The number of hydrogen-bond donors (Lipinski definition) is 1. The maximum absolute atomic E-state index is 11.4. The van der Waals surface area contributed by atoms with Crippen molar-refractivity contribution in [2.45, 2.75) is 19.8 Å². The van der Waals surface area contributed by atoms with Crippen LogP contribution in [0.2, 0.25) is 0 Å². The van der Waals surface area contributed by atoms with E-state index in [1.165, 1.54) is 0 Å². The highest BCUT2D eigenvalue weighted by atomic mass is 16.3. The molecule has 0 unspecified atom stereocenters. The lowest BCUT2D eigenvalue weighted by atomic mass is 10.2. The van der Waals surface area contributed by atoms with Crippen LogP contribution in [0, 0.1) is 6.92 Å². The van der Waals surface area contributed by atoms with Crippen LogP contribution >= 0.6 is 0 Å². The van der Waals surface area contributed by atoms with Gasteiger partial charge in [0.2, 0.25) is 0 Å². The molecule has 0 saturated carbocycles. The van der Waals surface area contributed by atoms with Crippen LogP contribution in [-0.4, -0.2) is 19.4 Å². The predicted molar refractivity (Wildman–Crippen MR) is 50.9 cm³/mol. The SMILES string of the molecule is CNCCCC(=O)c1ccc(C)o1. The van der Waals surface area contributed by atoms with Gasteiger partial charge in [0.25, 0.3) is 0 Å². The van der Waals surface area contributed by atoms with Gasteiger partial charge >= 0.3 is 0 Å². The molecule has 0 aliphatic heterocycles. The van der Waals surface area contributed by atoms with Crippen molar-refractivity contribution in [2.75, 3.05) is 13.6 Å². The molecular weight excluding hydrogens is 166 g/mol. The normalized spacial score (nSPS) is 10.3. The summed E-state index contributed by atoms with van der Waals surface area (Å²) in [6.07, 6.45) is 1.41. The molecule has 0 amide bonds. The number of hydrogen-bond acceptors (Lipinski definition) is 3. The third kappa shape index (κ3) is 3.03. The molecule has 72 valence electrons. The summed E-state index contributed by atoms with van der Waals surface area (Å²) in [6.45, 7) is 2.70. The van der Waals surface area contributed by atoms with E-state index in [2.05, 4.69) is 5.32 Å². The average molecular weight is 181 g/mol. The van der Waals surface area contributed by atoms with E-state index in [4.69, 9.17) is 4.42 Å². The molecule has 1 heterocycles. The Morgan fingerprint density at radius 1 is 1.54 bits per heavy atom. The van der Waals surface area contributed by atoms with Gasteiger partial charge in [-0.1, -0.05) is 0 Å². The summed E-state index contributed by atoms with van der Waals surface area (Å²) >= 11 is 0. The Morgan fingerprint density at radius 2 is 2.31 bits per heavy atom. The van der Waals surface area contributed by atoms with Gasteiger partial charge in [-0.15, -0.1) is 0 Å². The zero-order valence-corrected chi connectivity index (χ0v) is 8.09. The van der Waals surface area contributed by atoms with Gasteiger partial charge in [-0.05, 0) is 39.1 Å². The number of carbonyl (C=O) groups excluding carboxylic acids is 1. The van der Waals surface area contributed by atoms with Crippen molar-refractivity contribution in [1.29, 1.82) is 0 Å². The van der Waals surface area contributed by atoms with E-state index in [9.17, 15) is 4.79 Å². The molecule has 13 heavy (non-hydrogen) atoms. The molecule has 1 N–H and O–H groups in total. The lowest BCUT2D eigenvalue weighted by Crippen LogP contribution is -2.09. The van der Waals surface area contributed by atoms with Gasteiger partial charge < -0.3 is 9.73 Å². The topological polar surface area (TPSA) is 42.2 Å². The molecule has 0 radical (unpaired) electrons. The average Bonchev–Trinajstić information content (AvgIpc) is 2.52. The zero-order chi connectivity index (χ0) is 9.68. The first-order valence-corrected chi connectivity index (χ1v) is 4.48. The van der Waals surface area contributed by atoms with Crippen LogP contribution in [0.3, 0.4) is 0 Å². The lowest BCUT2D eigenvalue weighted by Gasteiger charge is -1.96. The minimum atomic E-state index is 0.0864. The first-order chi connectivity index (χ1) is 6.24. The molecule has 0 saturated heterocycles. The molecule has 0 atom stereocenters. The first-order valence-electron chi connectivity index (χ1n) is 4.48. The quantitative estimate of drug-likeness (QED) is 0.556. The third-order valence-electron chi connectivity index (χ3n) is 1.85. The van der Waals surface area contributed by atoms with Gasteiger partial charge in [-0.3, -0.25) is 4.79 Å². The van der Waals surface area contributed by atoms with Gasteiger partial charge in [-0.25, -0.2) is 0 Å². The van der Waals surface area contributed by atoms with Crippen LogP contribution < -0.4 is 5.32 Å². The second-order valence-electron chi connectivity index (χ2n) is 3.04. The molecule has 1 aromatic rings. The van der Waals surface area contributed by atoms with E-state index in [0.29, 0.717) is 12.2 Å². The summed E-state index contributed by atoms with van der Waals surface area (Å²) in [5.41, 5.74) is 0. The largest absolute Gasteiger partial charge is 0.458 e. The smallest absolute Gasteiger partial charge is 0.198 e. The molecule has 1 aromatic heterocycles. The fourth-order valence-electron chi connectivity index (χ4n) is 1.13. The zero-order valence-electron chi connectivity index (χ0n) is 8.09. The van der Waals surface area contributed by atoms with Crippen molar-refractivity contribution in [3.8, 4) is 0 Å². The van der Waals surface area contributed by atoms with Crippen LogP contribution in [0.25, 0.3) is 0 Å². The van der Waals surface area contributed by atoms with E-state index < -0.39 is 0 Å². The summed E-state index contributed by atoms with van der Waals surface area (Å²) in [7, 11) is 1.88. The van der Waals surface area contributed by atoms with Gasteiger partial charge in [0.05, 0.1) is 0 Å². The highest BCUT2D eigenvalue weighted by Crippen LogP contribution is 2.09. The first kappa shape index (κ1) is 9.99. The number of Topliss-reactive ketones (excluding diaryl/α,β-unsaturated/α-hetero) is 1. The Bertz CT molecular complexity index is 278. The van der Waals surface area contributed by atoms with E-state index in [1.54, 1.807) is 6.07 Å². The highest BCUT2D eigenvalue weighted by Gasteiger charge is 2.08. The standard InChI is InChI=1S/C10H15NO2/c1-8-5-6-10(13-8)9(12)4-3-7-11-2/h5-6,11H,3-4,7H2,1-2H3. The molecule has 1 rings (SSSR count). The van der Waals surface area contributed by atoms with Gasteiger partial charge in [0.15, 0.2) is 11.5 Å². The molecule has 0 aliphatic carbocycles. The monoisotopic (exact) mass is 181 g/mol. The fourth-order valence-corrected chi connectivity index (χ4v) is 1.13. The van der Waals surface area contributed by atoms with Gasteiger partial charge in [-0.2, -0.15) is 0 Å². The van der Waals surface area contributed by atoms with Gasteiger partial charge in [0.1, 0.15) is 5.76 Å². The summed E-state index contributed by atoms with van der Waals surface area (Å²) in [5, 5.41) is 3.00. The Hall–Kier alpha value is -1.09. The maximum Gasteiger partial charge on any atom is 0.198 e. The van der Waals surface area contributed by atoms with Crippen molar-refractivity contribution in [3.05, 3.63) is 23.7 Å². The number of aryl methyl sites for hydroxylation is 1. The second-order valence-corrected chi connectivity index (χ2v) is 3.04. The molecule has 3 heteroatoms. The lowest BCUT2D eigenvalue weighted by molar-refractivity contribution is 0.0952. The summed E-state index contributed by atoms with van der Waals surface area (Å²) in [6, 6.07) is 3.54. The fraction of sp³-hybridized carbons (Fsp3) is 0.500. The number of carbonyl (C=O) groups is 1. The van der Waals surface area contributed by atoms with E-state index in [1.807, 2.05) is 20.0 Å². The molecule has 0 aliphatic rings. The van der Waals surface area contributed by atoms with Crippen LogP contribution in [0.1, 0.15) is 29.2 Å². The van der Waals surface area contributed by atoms with E-state index in [0.717, 1.165) is 18.7 Å². The Labute approximate surface area is 78.1 Å². The molecular formula is C10H15NO2. The molecule has 0 spiro atoms. The second kappa shape index (κ2) is 4.82. The maximum atomic E-state index is 11.4. The van der Waals surface area contributed by atoms with E-state index >= 15 is 0 Å². The minimum absolute atomic E-state index is 0.0864. The van der Waals surface area contributed by atoms with Crippen molar-refractivity contribution in [3.63, 3.8) is 0 Å². The van der Waals surface area contributed by atoms with Crippen LogP contribution in [-0.2, 0) is 0 Å². The Balaban J connectivity index is 2.40. The number of ketones is 1. The van der Waals surface area contributed by atoms with Crippen molar-refractivity contribution >= 4 is 5.78 Å². The number of nitrogens with one attached hydrogen (secondary N) is 1. The number of furan rings is 1. The summed E-state index contributed by atoms with van der Waals surface area (Å²) in [4.78, 5) is 11.4. The molecule has 0 fully saturated rings. The van der Waals surface area contributed by atoms with Crippen molar-refractivity contribution in [1.82, 2.24) is 5.32 Å². The Kier molecular flexibility index (Phi) is 3.71. The van der Waals surface area contributed by atoms with Crippen LogP contribution in [0.15, 0.2) is 16.5 Å². The molecule has 0 aromatic carbocycles. The number of rotatable bonds is 5. The van der Waals surface area contributed by atoms with Gasteiger partial charge in [0, 0.05) is 6.42 Å².